The van der Waals surface area contributed by atoms with Gasteiger partial charge in [-0.2, -0.15) is 0 Å². The van der Waals surface area contributed by atoms with Gasteiger partial charge in [-0.15, -0.1) is 0 Å². The topological polar surface area (TPSA) is 29.5 Å². The summed E-state index contributed by atoms with van der Waals surface area (Å²) in [5, 5.41) is 0. The van der Waals surface area contributed by atoms with Gasteiger partial charge in [-0.05, 0) is 26.3 Å². The van der Waals surface area contributed by atoms with Crippen molar-refractivity contribution in [3.8, 4) is 0 Å². The van der Waals surface area contributed by atoms with Gasteiger partial charge in [-0.3, -0.25) is 4.79 Å². The van der Waals surface area contributed by atoms with E-state index >= 15 is 0 Å². The molecule has 1 aliphatic heterocycles. The number of nitrogens with zero attached hydrogens (tertiary/aromatic N) is 1. The van der Waals surface area contributed by atoms with Gasteiger partial charge in [-0.25, -0.2) is 0 Å². The number of hydrogen-bond donors (Lipinski definition) is 0. The number of ketones is 1. The molecule has 3 nitrogen and oxygen atoms in total. The predicted octanol–water partition coefficient (Wildman–Crippen LogP) is 1.96. The van der Waals surface area contributed by atoms with Crippen LogP contribution in [0.2, 0.25) is 0 Å². The van der Waals surface area contributed by atoms with Crippen LogP contribution in [0.25, 0.3) is 0 Å². The van der Waals surface area contributed by atoms with Crippen molar-refractivity contribution < 1.29 is 9.53 Å². The van der Waals surface area contributed by atoms with Crippen LogP contribution in [0.4, 0.5) is 0 Å². The van der Waals surface area contributed by atoms with Crippen molar-refractivity contribution in [2.24, 2.45) is 11.8 Å². The zero-order chi connectivity index (χ0) is 12.1. The van der Waals surface area contributed by atoms with Crippen LogP contribution in [-0.4, -0.2) is 43.5 Å². The third-order valence-corrected chi connectivity index (χ3v) is 3.34. The molecule has 3 heteroatoms. The number of ether oxygens (including phenoxy) is 1. The number of rotatable bonds is 5. The van der Waals surface area contributed by atoms with Crippen molar-refractivity contribution >= 4 is 5.78 Å². The highest BCUT2D eigenvalue weighted by molar-refractivity contribution is 5.82. The van der Waals surface area contributed by atoms with E-state index in [-0.39, 0.29) is 5.92 Å². The first kappa shape index (κ1) is 13.7. The minimum absolute atomic E-state index is 0.0911. The van der Waals surface area contributed by atoms with E-state index in [9.17, 15) is 4.79 Å². The number of Topliss-reactive ketones (excluding diaryl/α,β-unsaturated/α-hetero) is 1. The van der Waals surface area contributed by atoms with E-state index < -0.39 is 0 Å². The first-order chi connectivity index (χ1) is 7.50. The molecule has 0 radical (unpaired) electrons. The zero-order valence-corrected chi connectivity index (χ0v) is 11.0. The Morgan fingerprint density at radius 1 is 1.44 bits per heavy atom. The Hall–Kier alpha value is -0.410. The van der Waals surface area contributed by atoms with E-state index in [1.54, 1.807) is 0 Å². The van der Waals surface area contributed by atoms with Crippen LogP contribution in [-0.2, 0) is 9.53 Å². The lowest BCUT2D eigenvalue weighted by Crippen LogP contribution is -2.40. The number of hydrogen-bond acceptors (Lipinski definition) is 3. The Balaban J connectivity index is 2.37. The lowest BCUT2D eigenvalue weighted by atomic mass is 9.98. The molecular weight excluding hydrogens is 202 g/mol. The fourth-order valence-corrected chi connectivity index (χ4v) is 2.24. The van der Waals surface area contributed by atoms with E-state index in [4.69, 9.17) is 4.74 Å². The largest absolute Gasteiger partial charge is 0.380 e. The monoisotopic (exact) mass is 227 g/mol. The van der Waals surface area contributed by atoms with Crippen molar-refractivity contribution in [1.82, 2.24) is 4.90 Å². The summed E-state index contributed by atoms with van der Waals surface area (Å²) in [6.45, 7) is 8.76. The van der Waals surface area contributed by atoms with E-state index in [0.717, 1.165) is 6.54 Å². The van der Waals surface area contributed by atoms with Crippen LogP contribution in [0.15, 0.2) is 0 Å². The maximum atomic E-state index is 11.7. The Bertz CT molecular complexity index is 228. The maximum absolute atomic E-state index is 11.7. The molecule has 2 atom stereocenters. The average Bonchev–Trinajstić information content (AvgIpc) is 2.20. The molecule has 0 amide bonds. The van der Waals surface area contributed by atoms with Crippen molar-refractivity contribution in [2.45, 2.75) is 39.7 Å². The van der Waals surface area contributed by atoms with Gasteiger partial charge in [0.1, 0.15) is 5.78 Å². The van der Waals surface area contributed by atoms with Crippen molar-refractivity contribution in [2.75, 3.05) is 26.8 Å². The van der Waals surface area contributed by atoms with Crippen molar-refractivity contribution in [3.05, 3.63) is 0 Å². The van der Waals surface area contributed by atoms with Gasteiger partial charge in [0.15, 0.2) is 0 Å². The minimum Gasteiger partial charge on any atom is -0.380 e. The molecule has 1 heterocycles. The summed E-state index contributed by atoms with van der Waals surface area (Å²) in [5.41, 5.74) is 0. The minimum atomic E-state index is 0.0911. The van der Waals surface area contributed by atoms with Gasteiger partial charge < -0.3 is 9.64 Å². The summed E-state index contributed by atoms with van der Waals surface area (Å²) in [5.74, 6) is 1.17. The standard InChI is InChI=1S/C13H25NO2/c1-10(2)7-11(3)14(4)8-12-9-16-6-5-13(12)15/h10-12H,5-9H2,1-4H3. The van der Waals surface area contributed by atoms with Crippen LogP contribution in [0.1, 0.15) is 33.6 Å². The molecule has 1 fully saturated rings. The second-order valence-corrected chi connectivity index (χ2v) is 5.41. The zero-order valence-electron chi connectivity index (χ0n) is 11.0. The van der Waals surface area contributed by atoms with E-state index in [0.29, 0.717) is 37.4 Å². The summed E-state index contributed by atoms with van der Waals surface area (Å²) >= 11 is 0. The smallest absolute Gasteiger partial charge is 0.141 e. The molecule has 94 valence electrons. The molecule has 1 saturated heterocycles. The summed E-state index contributed by atoms with van der Waals surface area (Å²) < 4.78 is 5.37. The quantitative estimate of drug-likeness (QED) is 0.719. The summed E-state index contributed by atoms with van der Waals surface area (Å²) in [7, 11) is 2.11. The Morgan fingerprint density at radius 2 is 2.12 bits per heavy atom. The van der Waals surface area contributed by atoms with Gasteiger partial charge in [0.2, 0.25) is 0 Å². The molecule has 0 bridgehead atoms. The van der Waals surface area contributed by atoms with Gasteiger partial charge in [0.05, 0.1) is 19.1 Å². The second kappa shape index (κ2) is 6.36. The molecule has 0 spiro atoms. The molecular formula is C13H25NO2. The predicted molar refractivity (Wildman–Crippen MR) is 65.5 cm³/mol. The normalized spacial score (nSPS) is 24.1. The molecule has 1 rings (SSSR count). The Labute approximate surface area is 99.1 Å². The van der Waals surface area contributed by atoms with Crippen molar-refractivity contribution in [1.29, 1.82) is 0 Å². The maximum Gasteiger partial charge on any atom is 0.141 e. The molecule has 2 unspecified atom stereocenters. The lowest BCUT2D eigenvalue weighted by Gasteiger charge is -2.31. The van der Waals surface area contributed by atoms with E-state index in [2.05, 4.69) is 32.7 Å². The summed E-state index contributed by atoms with van der Waals surface area (Å²) in [4.78, 5) is 14.0. The molecule has 16 heavy (non-hydrogen) atoms. The van der Waals surface area contributed by atoms with Crippen LogP contribution >= 0.6 is 0 Å². The van der Waals surface area contributed by atoms with E-state index in [1.807, 2.05) is 0 Å². The highest BCUT2D eigenvalue weighted by Gasteiger charge is 2.25. The summed E-state index contributed by atoms with van der Waals surface area (Å²) in [6, 6.07) is 0.537. The Morgan fingerprint density at radius 3 is 2.69 bits per heavy atom. The summed E-state index contributed by atoms with van der Waals surface area (Å²) in [6.07, 6.45) is 1.77. The number of carbonyl (C=O) groups excluding carboxylic acids is 1. The van der Waals surface area contributed by atoms with Crippen LogP contribution in [0.3, 0.4) is 0 Å². The molecule has 0 aromatic carbocycles. The Kier molecular flexibility index (Phi) is 5.42. The molecule has 0 aromatic rings. The molecule has 1 aliphatic rings. The van der Waals surface area contributed by atoms with Crippen LogP contribution < -0.4 is 0 Å². The van der Waals surface area contributed by atoms with Crippen LogP contribution in [0, 0.1) is 11.8 Å². The molecule has 0 aliphatic carbocycles. The highest BCUT2D eigenvalue weighted by atomic mass is 16.5. The second-order valence-electron chi connectivity index (χ2n) is 5.41. The molecule has 0 saturated carbocycles. The van der Waals surface area contributed by atoms with Gasteiger partial charge in [-0.1, -0.05) is 13.8 Å². The van der Waals surface area contributed by atoms with Gasteiger partial charge in [0, 0.05) is 19.0 Å². The van der Waals surface area contributed by atoms with Crippen molar-refractivity contribution in [3.63, 3.8) is 0 Å². The first-order valence-corrected chi connectivity index (χ1v) is 6.31. The third kappa shape index (κ3) is 4.22. The van der Waals surface area contributed by atoms with Crippen LogP contribution in [0.5, 0.6) is 0 Å². The third-order valence-electron chi connectivity index (χ3n) is 3.34. The van der Waals surface area contributed by atoms with E-state index in [1.165, 1.54) is 6.42 Å². The first-order valence-electron chi connectivity index (χ1n) is 6.31. The fourth-order valence-electron chi connectivity index (χ4n) is 2.24. The highest BCUT2D eigenvalue weighted by Crippen LogP contribution is 2.15. The average molecular weight is 227 g/mol. The fraction of sp³-hybridized carbons (Fsp3) is 0.923. The number of carbonyl (C=O) groups is 1. The van der Waals surface area contributed by atoms with Gasteiger partial charge in [0.25, 0.3) is 0 Å². The van der Waals surface area contributed by atoms with Gasteiger partial charge >= 0.3 is 0 Å². The molecule has 0 aromatic heterocycles. The lowest BCUT2D eigenvalue weighted by molar-refractivity contribution is -0.131. The molecule has 0 N–H and O–H groups in total. The SMILES string of the molecule is CC(C)CC(C)N(C)CC1COCCC1=O.